The highest BCUT2D eigenvalue weighted by molar-refractivity contribution is 5.89. The molecule has 8 nitrogen and oxygen atoms in total. The van der Waals surface area contributed by atoms with Gasteiger partial charge in [-0.15, -0.1) is 0 Å². The largest absolute Gasteiger partial charge is 0.460 e. The molecule has 1 aliphatic rings. The number of ether oxygens (including phenoxy) is 2. The standard InChI is InChI=1S/C25H30N2O6/c1-5-31-23(29)22-17-20(28)19-10-9-18(16-21(19)32-22)8-6-11-26-12-7-13-27(15-14-26)24(30)33-25(2,3)4/h9-10,16-17H,5,7,11-15H2,1-4H3. The molecule has 0 spiro atoms. The lowest BCUT2D eigenvalue weighted by Gasteiger charge is -2.26. The van der Waals surface area contributed by atoms with Crippen LogP contribution in [-0.4, -0.2) is 66.8 Å². The maximum Gasteiger partial charge on any atom is 0.410 e. The summed E-state index contributed by atoms with van der Waals surface area (Å²) in [5.74, 6) is 5.44. The summed E-state index contributed by atoms with van der Waals surface area (Å²) in [6, 6.07) is 6.19. The van der Waals surface area contributed by atoms with Crippen molar-refractivity contribution in [1.29, 1.82) is 0 Å². The molecule has 1 amide bonds. The predicted octanol–water partition coefficient (Wildman–Crippen LogP) is 3.26. The molecule has 0 unspecified atom stereocenters. The van der Waals surface area contributed by atoms with Crippen LogP contribution >= 0.6 is 0 Å². The number of benzene rings is 1. The second kappa shape index (κ2) is 10.5. The van der Waals surface area contributed by atoms with Gasteiger partial charge in [-0.1, -0.05) is 11.8 Å². The van der Waals surface area contributed by atoms with Crippen molar-refractivity contribution in [2.24, 2.45) is 0 Å². The van der Waals surface area contributed by atoms with Crippen LogP contribution in [0.3, 0.4) is 0 Å². The van der Waals surface area contributed by atoms with E-state index in [0.717, 1.165) is 19.0 Å². The number of fused-ring (bicyclic) bond motifs is 1. The number of rotatable bonds is 3. The van der Waals surface area contributed by atoms with Gasteiger partial charge in [0.15, 0.2) is 5.43 Å². The van der Waals surface area contributed by atoms with Crippen LogP contribution < -0.4 is 5.43 Å². The molecule has 1 aromatic heterocycles. The third-order valence-electron chi connectivity index (χ3n) is 4.98. The van der Waals surface area contributed by atoms with Crippen molar-refractivity contribution in [3.8, 4) is 11.8 Å². The Balaban J connectivity index is 1.65. The summed E-state index contributed by atoms with van der Waals surface area (Å²) < 4.78 is 16.0. The van der Waals surface area contributed by atoms with E-state index in [0.29, 0.717) is 42.7 Å². The van der Waals surface area contributed by atoms with Crippen LogP contribution in [0.15, 0.2) is 33.5 Å². The van der Waals surface area contributed by atoms with Gasteiger partial charge in [-0.2, -0.15) is 0 Å². The highest BCUT2D eigenvalue weighted by atomic mass is 16.6. The first kappa shape index (κ1) is 24.3. The highest BCUT2D eigenvalue weighted by Gasteiger charge is 2.24. The minimum atomic E-state index is -0.672. The zero-order chi connectivity index (χ0) is 24.0. The molecule has 0 aliphatic carbocycles. The minimum absolute atomic E-state index is 0.126. The maximum absolute atomic E-state index is 12.3. The van der Waals surface area contributed by atoms with E-state index in [2.05, 4.69) is 16.7 Å². The van der Waals surface area contributed by atoms with E-state index >= 15 is 0 Å². The molecule has 0 bridgehead atoms. The van der Waals surface area contributed by atoms with Crippen LogP contribution in [0, 0.1) is 11.8 Å². The zero-order valence-corrected chi connectivity index (χ0v) is 19.6. The van der Waals surface area contributed by atoms with Gasteiger partial charge in [0.1, 0.15) is 11.2 Å². The number of hydrogen-bond acceptors (Lipinski definition) is 7. The maximum atomic E-state index is 12.3. The van der Waals surface area contributed by atoms with Crippen molar-refractivity contribution in [3.05, 3.63) is 45.8 Å². The quantitative estimate of drug-likeness (QED) is 0.519. The molecule has 1 saturated heterocycles. The summed E-state index contributed by atoms with van der Waals surface area (Å²) in [5.41, 5.74) is 0.153. The van der Waals surface area contributed by atoms with Gasteiger partial charge >= 0.3 is 12.1 Å². The molecule has 176 valence electrons. The molecule has 1 fully saturated rings. The lowest BCUT2D eigenvalue weighted by Crippen LogP contribution is -2.39. The van der Waals surface area contributed by atoms with Crippen molar-refractivity contribution >= 4 is 23.0 Å². The average molecular weight is 455 g/mol. The first-order chi connectivity index (χ1) is 15.7. The molecular formula is C25H30N2O6. The minimum Gasteiger partial charge on any atom is -0.460 e. The summed E-state index contributed by atoms with van der Waals surface area (Å²) >= 11 is 0. The van der Waals surface area contributed by atoms with Crippen LogP contribution in [0.5, 0.6) is 0 Å². The highest BCUT2D eigenvalue weighted by Crippen LogP contribution is 2.15. The average Bonchev–Trinajstić information content (AvgIpc) is 2.98. The Morgan fingerprint density at radius 1 is 1.12 bits per heavy atom. The molecule has 1 aliphatic heterocycles. The van der Waals surface area contributed by atoms with Gasteiger partial charge in [0.05, 0.1) is 18.5 Å². The SMILES string of the molecule is CCOC(=O)c1cc(=O)c2ccc(C#CCN3CCCN(C(=O)OC(C)(C)C)CC3)cc2o1. The fourth-order valence-electron chi connectivity index (χ4n) is 3.43. The fraction of sp³-hybridized carbons (Fsp3) is 0.480. The fourth-order valence-corrected chi connectivity index (χ4v) is 3.43. The second-order valence-corrected chi connectivity index (χ2v) is 8.81. The number of esters is 1. The van der Waals surface area contributed by atoms with Crippen molar-refractivity contribution < 1.29 is 23.5 Å². The molecule has 8 heteroatoms. The second-order valence-electron chi connectivity index (χ2n) is 8.81. The van der Waals surface area contributed by atoms with Crippen molar-refractivity contribution in [3.63, 3.8) is 0 Å². The molecule has 3 rings (SSSR count). The lowest BCUT2D eigenvalue weighted by atomic mass is 10.1. The molecule has 1 aromatic carbocycles. The van der Waals surface area contributed by atoms with Crippen molar-refractivity contribution in [2.75, 3.05) is 39.3 Å². The first-order valence-electron chi connectivity index (χ1n) is 11.1. The predicted molar refractivity (Wildman–Crippen MR) is 124 cm³/mol. The van der Waals surface area contributed by atoms with Crippen LogP contribution in [0.4, 0.5) is 4.79 Å². The summed E-state index contributed by atoms with van der Waals surface area (Å²) in [5, 5.41) is 0.378. The van der Waals surface area contributed by atoms with E-state index in [-0.39, 0.29) is 23.9 Å². The molecule has 33 heavy (non-hydrogen) atoms. The lowest BCUT2D eigenvalue weighted by molar-refractivity contribution is 0.0258. The van der Waals surface area contributed by atoms with E-state index in [1.807, 2.05) is 20.8 Å². The Labute approximate surface area is 193 Å². The van der Waals surface area contributed by atoms with E-state index in [4.69, 9.17) is 13.9 Å². The van der Waals surface area contributed by atoms with Gasteiger partial charge in [0.2, 0.25) is 5.76 Å². The zero-order valence-electron chi connectivity index (χ0n) is 19.6. The van der Waals surface area contributed by atoms with E-state index in [9.17, 15) is 14.4 Å². The van der Waals surface area contributed by atoms with Crippen molar-refractivity contribution in [1.82, 2.24) is 9.80 Å². The van der Waals surface area contributed by atoms with E-state index < -0.39 is 11.6 Å². The number of carbonyl (C=O) groups is 2. The molecule has 2 heterocycles. The Morgan fingerprint density at radius 2 is 1.91 bits per heavy atom. The number of amides is 1. The van der Waals surface area contributed by atoms with Gasteiger partial charge in [0, 0.05) is 37.8 Å². The third-order valence-corrected chi connectivity index (χ3v) is 4.98. The van der Waals surface area contributed by atoms with Gasteiger partial charge < -0.3 is 18.8 Å². The molecule has 0 N–H and O–H groups in total. The number of carbonyl (C=O) groups excluding carboxylic acids is 2. The van der Waals surface area contributed by atoms with Crippen LogP contribution in [-0.2, 0) is 9.47 Å². The van der Waals surface area contributed by atoms with Crippen LogP contribution in [0.2, 0.25) is 0 Å². The van der Waals surface area contributed by atoms with Gasteiger partial charge in [-0.25, -0.2) is 9.59 Å². The first-order valence-corrected chi connectivity index (χ1v) is 11.1. The summed E-state index contributed by atoms with van der Waals surface area (Å²) in [6.07, 6.45) is 0.564. The van der Waals surface area contributed by atoms with Gasteiger partial charge in [0.25, 0.3) is 0 Å². The van der Waals surface area contributed by atoms with Gasteiger partial charge in [-0.05, 0) is 52.3 Å². The monoisotopic (exact) mass is 454 g/mol. The topological polar surface area (TPSA) is 89.3 Å². The normalized spacial score (nSPS) is 14.8. The van der Waals surface area contributed by atoms with E-state index in [1.54, 1.807) is 30.0 Å². The molecule has 2 aromatic rings. The van der Waals surface area contributed by atoms with Crippen molar-refractivity contribution in [2.45, 2.75) is 39.7 Å². The molecule has 0 radical (unpaired) electrons. The smallest absolute Gasteiger partial charge is 0.410 e. The third kappa shape index (κ3) is 6.83. The number of hydrogen-bond donors (Lipinski definition) is 0. The summed E-state index contributed by atoms with van der Waals surface area (Å²) in [4.78, 5) is 40.4. The number of nitrogens with zero attached hydrogens (tertiary/aromatic N) is 2. The van der Waals surface area contributed by atoms with Crippen LogP contribution in [0.25, 0.3) is 11.0 Å². The molecular weight excluding hydrogens is 424 g/mol. The Bertz CT molecular complexity index is 1140. The summed E-state index contributed by atoms with van der Waals surface area (Å²) in [6.45, 7) is 10.8. The summed E-state index contributed by atoms with van der Waals surface area (Å²) in [7, 11) is 0. The Morgan fingerprint density at radius 3 is 2.64 bits per heavy atom. The van der Waals surface area contributed by atoms with Gasteiger partial charge in [-0.3, -0.25) is 9.69 Å². The Hall–Kier alpha value is -3.31. The van der Waals surface area contributed by atoms with Crippen LogP contribution in [0.1, 0.15) is 50.2 Å². The van der Waals surface area contributed by atoms with E-state index in [1.165, 1.54) is 0 Å². The Kier molecular flexibility index (Phi) is 7.77. The molecule has 0 atom stereocenters. The molecule has 0 saturated carbocycles.